The van der Waals surface area contributed by atoms with Crippen LogP contribution in [0.2, 0.25) is 0 Å². The van der Waals surface area contributed by atoms with Crippen LogP contribution in [0.1, 0.15) is 51.0 Å². The number of aromatic nitrogens is 2. The summed E-state index contributed by atoms with van der Waals surface area (Å²) in [5.74, 6) is 4.69. The standard InChI is InChI=1S/C16H25N3S/c1-9(2)6-15-18-19-16(20-15)17-14-8-10-7-13(14)12-5-3-4-11(10)12/h9-14H,3-8H2,1-2H3,(H,17,19). The van der Waals surface area contributed by atoms with E-state index in [1.807, 2.05) is 0 Å². The third kappa shape index (κ3) is 2.16. The van der Waals surface area contributed by atoms with E-state index in [2.05, 4.69) is 29.4 Å². The van der Waals surface area contributed by atoms with Gasteiger partial charge in [0.25, 0.3) is 0 Å². The van der Waals surface area contributed by atoms with Gasteiger partial charge in [-0.15, -0.1) is 10.2 Å². The second kappa shape index (κ2) is 4.97. The minimum absolute atomic E-state index is 0.664. The molecule has 110 valence electrons. The molecule has 3 aliphatic carbocycles. The van der Waals surface area contributed by atoms with Gasteiger partial charge in [-0.2, -0.15) is 0 Å². The van der Waals surface area contributed by atoms with Crippen molar-refractivity contribution in [3.63, 3.8) is 0 Å². The van der Waals surface area contributed by atoms with Crippen molar-refractivity contribution in [2.45, 2.75) is 58.4 Å². The molecule has 0 radical (unpaired) electrons. The molecule has 0 spiro atoms. The summed E-state index contributed by atoms with van der Waals surface area (Å²) in [5.41, 5.74) is 0. The lowest BCUT2D eigenvalue weighted by Gasteiger charge is -2.31. The van der Waals surface area contributed by atoms with E-state index in [4.69, 9.17) is 0 Å². The smallest absolute Gasteiger partial charge is 0.205 e. The predicted octanol–water partition coefficient (Wildman–Crippen LogP) is 3.97. The van der Waals surface area contributed by atoms with Gasteiger partial charge in [0, 0.05) is 12.5 Å². The molecule has 3 aliphatic rings. The van der Waals surface area contributed by atoms with Crippen LogP contribution in [-0.4, -0.2) is 16.2 Å². The Hall–Kier alpha value is -0.640. The van der Waals surface area contributed by atoms with Gasteiger partial charge < -0.3 is 5.32 Å². The van der Waals surface area contributed by atoms with E-state index in [0.717, 1.165) is 35.2 Å². The number of hydrogen-bond donors (Lipinski definition) is 1. The van der Waals surface area contributed by atoms with Crippen LogP contribution in [0.3, 0.4) is 0 Å². The predicted molar refractivity (Wildman–Crippen MR) is 82.9 cm³/mol. The first-order valence-electron chi connectivity index (χ1n) is 8.29. The van der Waals surface area contributed by atoms with Crippen molar-refractivity contribution in [3.8, 4) is 0 Å². The third-order valence-corrected chi connectivity index (χ3v) is 6.66. The molecule has 0 aliphatic heterocycles. The van der Waals surface area contributed by atoms with Gasteiger partial charge in [0.05, 0.1) is 0 Å². The molecule has 5 unspecified atom stereocenters. The van der Waals surface area contributed by atoms with Crippen molar-refractivity contribution in [2.75, 3.05) is 5.32 Å². The Morgan fingerprint density at radius 2 is 2.00 bits per heavy atom. The minimum atomic E-state index is 0.664. The van der Waals surface area contributed by atoms with Crippen LogP contribution in [0.15, 0.2) is 0 Å². The van der Waals surface area contributed by atoms with Crippen molar-refractivity contribution < 1.29 is 0 Å². The first kappa shape index (κ1) is 13.1. The van der Waals surface area contributed by atoms with Gasteiger partial charge in [0.2, 0.25) is 5.13 Å². The SMILES string of the molecule is CC(C)Cc1nnc(NC2CC3CC2C2CCCC32)s1. The molecule has 0 saturated heterocycles. The highest BCUT2D eigenvalue weighted by molar-refractivity contribution is 7.15. The number of hydrogen-bond acceptors (Lipinski definition) is 4. The average Bonchev–Trinajstić information content (AvgIpc) is 3.09. The zero-order chi connectivity index (χ0) is 13.7. The Morgan fingerprint density at radius 3 is 2.85 bits per heavy atom. The van der Waals surface area contributed by atoms with Gasteiger partial charge >= 0.3 is 0 Å². The highest BCUT2D eigenvalue weighted by atomic mass is 32.1. The van der Waals surface area contributed by atoms with Crippen LogP contribution in [0.25, 0.3) is 0 Å². The topological polar surface area (TPSA) is 37.8 Å². The molecule has 4 rings (SSSR count). The minimum Gasteiger partial charge on any atom is -0.357 e. The highest BCUT2D eigenvalue weighted by Crippen LogP contribution is 2.59. The first-order chi connectivity index (χ1) is 9.70. The number of fused-ring (bicyclic) bond motifs is 5. The largest absolute Gasteiger partial charge is 0.357 e. The molecule has 1 aromatic heterocycles. The van der Waals surface area contributed by atoms with Crippen molar-refractivity contribution >= 4 is 16.5 Å². The number of nitrogens with one attached hydrogen (secondary N) is 1. The van der Waals surface area contributed by atoms with Crippen molar-refractivity contribution in [1.82, 2.24) is 10.2 Å². The van der Waals surface area contributed by atoms with E-state index in [0.29, 0.717) is 12.0 Å². The Bertz CT molecular complexity index is 484. The summed E-state index contributed by atoms with van der Waals surface area (Å²) in [6.45, 7) is 4.48. The van der Waals surface area contributed by atoms with Gasteiger partial charge in [-0.05, 0) is 55.3 Å². The Morgan fingerprint density at radius 1 is 1.15 bits per heavy atom. The van der Waals surface area contributed by atoms with E-state index in [1.165, 1.54) is 37.1 Å². The van der Waals surface area contributed by atoms with Crippen molar-refractivity contribution in [2.24, 2.45) is 29.6 Å². The third-order valence-electron chi connectivity index (χ3n) is 5.79. The summed E-state index contributed by atoms with van der Waals surface area (Å²) in [5, 5.41) is 14.7. The first-order valence-corrected chi connectivity index (χ1v) is 9.11. The fourth-order valence-electron chi connectivity index (χ4n) is 5.14. The van der Waals surface area contributed by atoms with Gasteiger partial charge in [-0.3, -0.25) is 0 Å². The highest BCUT2D eigenvalue weighted by Gasteiger charge is 2.53. The molecule has 1 N–H and O–H groups in total. The van der Waals surface area contributed by atoms with E-state index in [-0.39, 0.29) is 0 Å². The van der Waals surface area contributed by atoms with Gasteiger partial charge in [0.1, 0.15) is 5.01 Å². The molecule has 1 heterocycles. The quantitative estimate of drug-likeness (QED) is 0.912. The summed E-state index contributed by atoms with van der Waals surface area (Å²) < 4.78 is 0. The van der Waals surface area contributed by atoms with Gasteiger partial charge in [0.15, 0.2) is 0 Å². The lowest BCUT2D eigenvalue weighted by Crippen LogP contribution is -2.33. The summed E-state index contributed by atoms with van der Waals surface area (Å²) in [6.07, 6.45) is 8.39. The zero-order valence-electron chi connectivity index (χ0n) is 12.5. The van der Waals surface area contributed by atoms with E-state index < -0.39 is 0 Å². The lowest BCUT2D eigenvalue weighted by molar-refractivity contribution is 0.243. The molecule has 20 heavy (non-hydrogen) atoms. The maximum absolute atomic E-state index is 4.36. The summed E-state index contributed by atoms with van der Waals surface area (Å²) >= 11 is 1.77. The Labute approximate surface area is 125 Å². The van der Waals surface area contributed by atoms with Crippen LogP contribution in [0.5, 0.6) is 0 Å². The molecule has 3 nitrogen and oxygen atoms in total. The van der Waals surface area contributed by atoms with E-state index in [1.54, 1.807) is 11.3 Å². The van der Waals surface area contributed by atoms with Gasteiger partial charge in [-0.25, -0.2) is 0 Å². The molecule has 0 amide bonds. The van der Waals surface area contributed by atoms with E-state index >= 15 is 0 Å². The van der Waals surface area contributed by atoms with Gasteiger partial charge in [-0.1, -0.05) is 31.6 Å². The van der Waals surface area contributed by atoms with Crippen molar-refractivity contribution in [1.29, 1.82) is 0 Å². The fraction of sp³-hybridized carbons (Fsp3) is 0.875. The lowest BCUT2D eigenvalue weighted by atomic mass is 9.79. The van der Waals surface area contributed by atoms with E-state index in [9.17, 15) is 0 Å². The molecule has 5 atom stereocenters. The average molecular weight is 291 g/mol. The molecule has 3 saturated carbocycles. The van der Waals surface area contributed by atoms with Crippen LogP contribution < -0.4 is 5.32 Å². The Kier molecular flexibility index (Phi) is 3.24. The molecule has 3 fully saturated rings. The molecule has 2 bridgehead atoms. The van der Waals surface area contributed by atoms with Crippen molar-refractivity contribution in [3.05, 3.63) is 5.01 Å². The molecule has 0 aromatic carbocycles. The van der Waals surface area contributed by atoms with Crippen LogP contribution >= 0.6 is 11.3 Å². The zero-order valence-corrected chi connectivity index (χ0v) is 13.3. The summed E-state index contributed by atoms with van der Waals surface area (Å²) in [4.78, 5) is 0. The molecule has 1 aromatic rings. The molecular weight excluding hydrogens is 266 g/mol. The maximum atomic E-state index is 4.36. The van der Waals surface area contributed by atoms with Crippen LogP contribution in [-0.2, 0) is 6.42 Å². The van der Waals surface area contributed by atoms with Crippen LogP contribution in [0.4, 0.5) is 5.13 Å². The number of anilines is 1. The van der Waals surface area contributed by atoms with Crippen LogP contribution in [0, 0.1) is 29.6 Å². The summed E-state index contributed by atoms with van der Waals surface area (Å²) in [7, 11) is 0. The Balaban J connectivity index is 1.42. The fourth-order valence-corrected chi connectivity index (χ4v) is 6.15. The normalized spacial score (nSPS) is 38.6. The monoisotopic (exact) mass is 291 g/mol. The second-order valence-electron chi connectivity index (χ2n) is 7.50. The second-order valence-corrected chi connectivity index (χ2v) is 8.57. The number of rotatable bonds is 4. The maximum Gasteiger partial charge on any atom is 0.205 e. The molecular formula is C16H25N3S. The summed E-state index contributed by atoms with van der Waals surface area (Å²) in [6, 6.07) is 0.680. The molecule has 4 heteroatoms. The number of nitrogens with zero attached hydrogens (tertiary/aromatic N) is 2.